The van der Waals surface area contributed by atoms with Gasteiger partial charge in [-0.1, -0.05) is 18.2 Å². The number of methoxy groups -OCH3 is 1. The molecule has 1 aliphatic rings. The Morgan fingerprint density at radius 1 is 1.28 bits per heavy atom. The first kappa shape index (κ1) is 19.0. The maximum Gasteiger partial charge on any atom is 0.328 e. The third-order valence-electron chi connectivity index (χ3n) is 5.05. The van der Waals surface area contributed by atoms with Gasteiger partial charge in [-0.2, -0.15) is 0 Å². The number of benzene rings is 1. The zero-order valence-corrected chi connectivity index (χ0v) is 16.2. The first-order valence-corrected chi connectivity index (χ1v) is 9.66. The molecule has 1 aliphatic carbocycles. The summed E-state index contributed by atoms with van der Waals surface area (Å²) in [4.78, 5) is 32.4. The van der Waals surface area contributed by atoms with Gasteiger partial charge in [0.25, 0.3) is 5.91 Å². The van der Waals surface area contributed by atoms with Crippen LogP contribution in [0.3, 0.4) is 0 Å². The quantitative estimate of drug-likeness (QED) is 0.574. The molecule has 0 aliphatic heterocycles. The number of esters is 1. The van der Waals surface area contributed by atoms with E-state index >= 15 is 0 Å². The van der Waals surface area contributed by atoms with E-state index in [1.807, 2.05) is 30.5 Å². The molecule has 2 heterocycles. The van der Waals surface area contributed by atoms with Crippen molar-refractivity contribution in [3.05, 3.63) is 59.9 Å². The van der Waals surface area contributed by atoms with Gasteiger partial charge in [0.15, 0.2) is 0 Å². The lowest BCUT2D eigenvalue weighted by Gasteiger charge is -2.16. The minimum absolute atomic E-state index is 0.318. The van der Waals surface area contributed by atoms with Gasteiger partial charge in [-0.05, 0) is 36.5 Å². The fourth-order valence-corrected chi connectivity index (χ4v) is 3.21. The lowest BCUT2D eigenvalue weighted by molar-refractivity contribution is -0.142. The molecule has 4 rings (SSSR count). The molecule has 0 bridgehead atoms. The van der Waals surface area contributed by atoms with E-state index < -0.39 is 12.0 Å². The van der Waals surface area contributed by atoms with Crippen molar-refractivity contribution in [2.75, 3.05) is 13.7 Å². The van der Waals surface area contributed by atoms with E-state index in [4.69, 9.17) is 9.47 Å². The molecule has 1 fully saturated rings. The molecule has 0 radical (unpaired) electrons. The second-order valence-electron chi connectivity index (χ2n) is 7.25. The van der Waals surface area contributed by atoms with Crippen LogP contribution in [-0.4, -0.2) is 41.6 Å². The van der Waals surface area contributed by atoms with Gasteiger partial charge in [-0.15, -0.1) is 0 Å². The summed E-state index contributed by atoms with van der Waals surface area (Å²) in [5.41, 5.74) is 2.29. The van der Waals surface area contributed by atoms with Gasteiger partial charge in [-0.25, -0.2) is 9.78 Å². The molecule has 29 heavy (non-hydrogen) atoms. The van der Waals surface area contributed by atoms with Crippen LogP contribution in [0.5, 0.6) is 5.88 Å². The molecule has 0 saturated heterocycles. The van der Waals surface area contributed by atoms with E-state index in [-0.39, 0.29) is 5.91 Å². The zero-order chi connectivity index (χ0) is 20.2. The van der Waals surface area contributed by atoms with Gasteiger partial charge < -0.3 is 19.8 Å². The number of amides is 1. The van der Waals surface area contributed by atoms with Gasteiger partial charge in [0.05, 0.1) is 13.7 Å². The van der Waals surface area contributed by atoms with Crippen molar-refractivity contribution in [2.24, 2.45) is 5.92 Å². The Morgan fingerprint density at radius 2 is 2.10 bits per heavy atom. The monoisotopic (exact) mass is 393 g/mol. The van der Waals surface area contributed by atoms with Gasteiger partial charge in [0, 0.05) is 41.3 Å². The van der Waals surface area contributed by atoms with Crippen LogP contribution in [0.2, 0.25) is 0 Å². The molecule has 3 aromatic rings. The van der Waals surface area contributed by atoms with E-state index in [9.17, 15) is 9.59 Å². The second-order valence-corrected chi connectivity index (χ2v) is 7.25. The number of nitrogens with zero attached hydrogens (tertiary/aromatic N) is 1. The van der Waals surface area contributed by atoms with Crippen molar-refractivity contribution >= 4 is 22.8 Å². The van der Waals surface area contributed by atoms with Crippen molar-refractivity contribution < 1.29 is 19.1 Å². The summed E-state index contributed by atoms with van der Waals surface area (Å²) >= 11 is 0. The van der Waals surface area contributed by atoms with E-state index in [1.165, 1.54) is 26.1 Å². The molecule has 1 atom stereocenters. The van der Waals surface area contributed by atoms with Gasteiger partial charge >= 0.3 is 5.97 Å². The molecule has 7 heteroatoms. The summed E-state index contributed by atoms with van der Waals surface area (Å²) in [5, 5.41) is 3.79. The molecule has 7 nitrogen and oxygen atoms in total. The molecule has 2 aromatic heterocycles. The summed E-state index contributed by atoms with van der Waals surface area (Å²) in [6, 6.07) is 10.2. The molecular formula is C22H23N3O4. The average Bonchev–Trinajstić information content (AvgIpc) is 3.51. The third-order valence-corrected chi connectivity index (χ3v) is 5.05. The summed E-state index contributed by atoms with van der Waals surface area (Å²) < 4.78 is 10.5. The largest absolute Gasteiger partial charge is 0.477 e. The lowest BCUT2D eigenvalue weighted by Crippen LogP contribution is -2.43. The first-order valence-electron chi connectivity index (χ1n) is 9.66. The fraction of sp³-hybridized carbons (Fsp3) is 0.318. The number of ether oxygens (including phenoxy) is 2. The van der Waals surface area contributed by atoms with E-state index in [0.29, 0.717) is 30.4 Å². The second kappa shape index (κ2) is 8.34. The fourth-order valence-electron chi connectivity index (χ4n) is 3.21. The summed E-state index contributed by atoms with van der Waals surface area (Å²) in [6.45, 7) is 0.615. The number of H-pyrrole nitrogens is 1. The Hall–Kier alpha value is -3.35. The van der Waals surface area contributed by atoms with Crippen LogP contribution < -0.4 is 10.1 Å². The molecule has 1 saturated carbocycles. The molecular weight excluding hydrogens is 370 g/mol. The number of carbonyl (C=O) groups is 2. The summed E-state index contributed by atoms with van der Waals surface area (Å²) in [6.07, 6.45) is 6.05. The SMILES string of the molecule is COC(=O)[C@H](Cc1c[nH]c2ccccc12)NC(=O)c1ccnc(OCC2CC2)c1. The normalized spacial score (nSPS) is 14.4. The number of rotatable bonds is 8. The highest BCUT2D eigenvalue weighted by Crippen LogP contribution is 2.29. The number of para-hydroxylation sites is 1. The lowest BCUT2D eigenvalue weighted by atomic mass is 10.0. The first-order chi connectivity index (χ1) is 14.1. The predicted molar refractivity (Wildman–Crippen MR) is 108 cm³/mol. The molecule has 0 unspecified atom stereocenters. The number of hydrogen-bond acceptors (Lipinski definition) is 5. The van der Waals surface area contributed by atoms with Crippen molar-refractivity contribution in [3.8, 4) is 5.88 Å². The van der Waals surface area contributed by atoms with Crippen LogP contribution in [0.25, 0.3) is 10.9 Å². The van der Waals surface area contributed by atoms with Crippen LogP contribution in [0.4, 0.5) is 0 Å². The Labute approximate surface area is 168 Å². The maximum atomic E-state index is 12.8. The summed E-state index contributed by atoms with van der Waals surface area (Å²) in [7, 11) is 1.31. The Balaban J connectivity index is 1.48. The van der Waals surface area contributed by atoms with E-state index in [1.54, 1.807) is 12.1 Å². The standard InChI is InChI=1S/C22H23N3O4/c1-28-22(27)19(10-16-12-24-18-5-3-2-4-17(16)18)25-21(26)15-8-9-23-20(11-15)29-13-14-6-7-14/h2-5,8-9,11-12,14,19,24H,6-7,10,13H2,1H3,(H,25,26)/t19-/m0/s1. The van der Waals surface area contributed by atoms with Crippen molar-refractivity contribution in [1.82, 2.24) is 15.3 Å². The minimum Gasteiger partial charge on any atom is -0.477 e. The van der Waals surface area contributed by atoms with Crippen molar-refractivity contribution in [2.45, 2.75) is 25.3 Å². The van der Waals surface area contributed by atoms with E-state index in [0.717, 1.165) is 16.5 Å². The van der Waals surface area contributed by atoms with Crippen molar-refractivity contribution in [1.29, 1.82) is 0 Å². The van der Waals surface area contributed by atoms with Crippen LogP contribution >= 0.6 is 0 Å². The molecule has 1 aromatic carbocycles. The number of pyridine rings is 1. The van der Waals surface area contributed by atoms with Crippen LogP contribution in [0.1, 0.15) is 28.8 Å². The van der Waals surface area contributed by atoms with Crippen LogP contribution in [0.15, 0.2) is 48.8 Å². The number of hydrogen-bond donors (Lipinski definition) is 2. The van der Waals surface area contributed by atoms with E-state index in [2.05, 4.69) is 15.3 Å². The topological polar surface area (TPSA) is 93.3 Å². The highest BCUT2D eigenvalue weighted by molar-refractivity contribution is 5.97. The van der Waals surface area contributed by atoms with Crippen LogP contribution in [0, 0.1) is 5.92 Å². The molecule has 2 N–H and O–H groups in total. The summed E-state index contributed by atoms with van der Waals surface area (Å²) in [5.74, 6) is 0.131. The number of carbonyl (C=O) groups excluding carboxylic acids is 2. The number of aromatic nitrogens is 2. The maximum absolute atomic E-state index is 12.8. The minimum atomic E-state index is -0.810. The number of aromatic amines is 1. The third kappa shape index (κ3) is 4.56. The van der Waals surface area contributed by atoms with Gasteiger partial charge in [0.2, 0.25) is 5.88 Å². The number of fused-ring (bicyclic) bond motifs is 1. The molecule has 1 amide bonds. The van der Waals surface area contributed by atoms with Gasteiger partial charge in [-0.3, -0.25) is 4.79 Å². The molecule has 150 valence electrons. The Bertz CT molecular complexity index is 1030. The van der Waals surface area contributed by atoms with Crippen LogP contribution in [-0.2, 0) is 16.0 Å². The number of nitrogens with one attached hydrogen (secondary N) is 2. The predicted octanol–water partition coefficient (Wildman–Crippen LogP) is 2.87. The van der Waals surface area contributed by atoms with Crippen molar-refractivity contribution in [3.63, 3.8) is 0 Å². The Kier molecular flexibility index (Phi) is 5.46. The highest BCUT2D eigenvalue weighted by Gasteiger charge is 2.25. The zero-order valence-electron chi connectivity index (χ0n) is 16.2. The molecule has 0 spiro atoms. The van der Waals surface area contributed by atoms with Gasteiger partial charge in [0.1, 0.15) is 6.04 Å². The average molecular weight is 393 g/mol. The highest BCUT2D eigenvalue weighted by atomic mass is 16.5. The Morgan fingerprint density at radius 3 is 2.90 bits per heavy atom. The smallest absolute Gasteiger partial charge is 0.328 e.